The van der Waals surface area contributed by atoms with E-state index < -0.39 is 12.1 Å². The van der Waals surface area contributed by atoms with Gasteiger partial charge in [0.05, 0.1) is 6.04 Å². The molecule has 35 heavy (non-hydrogen) atoms. The third kappa shape index (κ3) is 3.79. The van der Waals surface area contributed by atoms with E-state index in [0.29, 0.717) is 18.5 Å². The van der Waals surface area contributed by atoms with Gasteiger partial charge in [-0.1, -0.05) is 63.6 Å². The van der Waals surface area contributed by atoms with E-state index in [1.165, 1.54) is 0 Å². The van der Waals surface area contributed by atoms with Gasteiger partial charge in [-0.05, 0) is 35.6 Å². The van der Waals surface area contributed by atoms with Crippen molar-refractivity contribution in [2.24, 2.45) is 5.92 Å². The van der Waals surface area contributed by atoms with Gasteiger partial charge in [0.25, 0.3) is 5.91 Å². The zero-order chi connectivity index (χ0) is 24.7. The Bertz CT molecular complexity index is 1300. The molecular formula is C28H32N4O3. The molecule has 0 aliphatic carbocycles. The summed E-state index contributed by atoms with van der Waals surface area (Å²) in [5.74, 6) is -0.648. The predicted octanol–water partition coefficient (Wildman–Crippen LogP) is 3.69. The fraction of sp³-hybridized carbons (Fsp3) is 0.393. The highest BCUT2D eigenvalue weighted by Gasteiger charge is 2.49. The van der Waals surface area contributed by atoms with Crippen molar-refractivity contribution in [3.05, 3.63) is 70.9 Å². The molecule has 0 spiro atoms. The van der Waals surface area contributed by atoms with Crippen LogP contribution in [0.5, 0.6) is 0 Å². The van der Waals surface area contributed by atoms with E-state index in [4.69, 9.17) is 0 Å². The minimum Gasteiger partial charge on any atom is -0.356 e. The molecule has 0 radical (unpaired) electrons. The number of nitrogens with zero attached hydrogens (tertiary/aromatic N) is 1. The maximum Gasteiger partial charge on any atom is 0.255 e. The zero-order valence-electron chi connectivity index (χ0n) is 20.4. The molecule has 2 aliphatic rings. The molecule has 3 amide bonds. The standard InChI is InChI=1S/C28H32N4O3/c1-4-14-29-27(34)23(16(3)5-2)31-26(33)22-15-20-17-10-8-9-13-21(17)30-24(20)25-18-11-6-7-12-19(18)28(35)32(22)25/h6-13,16,22-23,25,30H,4-5,14-15H2,1-3H3,(H,29,34)(H,31,33)/t16?,22-,23-,25?/m0/s1. The molecule has 3 N–H and O–H groups in total. The van der Waals surface area contributed by atoms with E-state index in [9.17, 15) is 14.4 Å². The van der Waals surface area contributed by atoms with Gasteiger partial charge in [0, 0.05) is 35.1 Å². The van der Waals surface area contributed by atoms with Crippen LogP contribution in [0, 0.1) is 5.92 Å². The molecule has 182 valence electrons. The number of amides is 3. The van der Waals surface area contributed by atoms with E-state index in [1.807, 2.05) is 63.2 Å². The number of hydrogen-bond donors (Lipinski definition) is 3. The van der Waals surface area contributed by atoms with Crippen LogP contribution in [-0.4, -0.2) is 46.2 Å². The second-order valence-corrected chi connectivity index (χ2v) is 9.65. The molecule has 2 aromatic carbocycles. The maximum atomic E-state index is 13.8. The van der Waals surface area contributed by atoms with Crippen LogP contribution in [0.2, 0.25) is 0 Å². The van der Waals surface area contributed by atoms with Gasteiger partial charge in [0.2, 0.25) is 11.8 Å². The SMILES string of the molecule is CCCNC(=O)[C@@H](NC(=O)[C@@H]1Cc2c([nH]c3ccccc23)C2c3ccccc3C(=O)N21)C(C)CC. The van der Waals surface area contributed by atoms with E-state index in [0.717, 1.165) is 40.6 Å². The van der Waals surface area contributed by atoms with Gasteiger partial charge < -0.3 is 20.5 Å². The summed E-state index contributed by atoms with van der Waals surface area (Å²) in [4.78, 5) is 45.5. The van der Waals surface area contributed by atoms with Crippen LogP contribution in [0.1, 0.15) is 66.8 Å². The maximum absolute atomic E-state index is 13.8. The number of benzene rings is 2. The number of carbonyl (C=O) groups excluding carboxylic acids is 3. The Kier molecular flexibility index (Phi) is 6.09. The average molecular weight is 473 g/mol. The van der Waals surface area contributed by atoms with E-state index >= 15 is 0 Å². The van der Waals surface area contributed by atoms with E-state index in [1.54, 1.807) is 4.90 Å². The number of para-hydroxylation sites is 1. The second kappa shape index (κ2) is 9.21. The first-order chi connectivity index (χ1) is 17.0. The lowest BCUT2D eigenvalue weighted by Gasteiger charge is -2.38. The van der Waals surface area contributed by atoms with Crippen LogP contribution in [-0.2, 0) is 16.0 Å². The van der Waals surface area contributed by atoms with Crippen molar-refractivity contribution in [3.63, 3.8) is 0 Å². The van der Waals surface area contributed by atoms with Crippen LogP contribution >= 0.6 is 0 Å². The Balaban J connectivity index is 1.55. The Labute approximate surface area is 205 Å². The van der Waals surface area contributed by atoms with Crippen LogP contribution in [0.25, 0.3) is 10.9 Å². The Hall–Kier alpha value is -3.61. The third-order valence-corrected chi connectivity index (χ3v) is 7.50. The topological polar surface area (TPSA) is 94.3 Å². The normalized spacial score (nSPS) is 20.1. The molecule has 7 nitrogen and oxygen atoms in total. The van der Waals surface area contributed by atoms with Crippen molar-refractivity contribution in [3.8, 4) is 0 Å². The summed E-state index contributed by atoms with van der Waals surface area (Å²) in [7, 11) is 0. The van der Waals surface area contributed by atoms with Gasteiger partial charge in [-0.3, -0.25) is 14.4 Å². The number of nitrogens with one attached hydrogen (secondary N) is 3. The number of H-pyrrole nitrogens is 1. The first kappa shape index (κ1) is 23.1. The molecule has 7 heteroatoms. The van der Waals surface area contributed by atoms with E-state index in [2.05, 4.69) is 21.7 Å². The molecular weight excluding hydrogens is 440 g/mol. The van der Waals surface area contributed by atoms with Crippen molar-refractivity contribution in [2.45, 2.75) is 58.2 Å². The fourth-order valence-corrected chi connectivity index (χ4v) is 5.45. The number of aromatic nitrogens is 1. The van der Waals surface area contributed by atoms with Gasteiger partial charge in [0.1, 0.15) is 12.1 Å². The molecule has 1 aromatic heterocycles. The van der Waals surface area contributed by atoms with Crippen molar-refractivity contribution < 1.29 is 14.4 Å². The molecule has 2 unspecified atom stereocenters. The molecule has 4 atom stereocenters. The van der Waals surface area contributed by atoms with Gasteiger partial charge in [0.15, 0.2) is 0 Å². The summed E-state index contributed by atoms with van der Waals surface area (Å²) < 4.78 is 0. The number of rotatable bonds is 7. The fourth-order valence-electron chi connectivity index (χ4n) is 5.45. The molecule has 0 saturated carbocycles. The largest absolute Gasteiger partial charge is 0.356 e. The van der Waals surface area contributed by atoms with Crippen molar-refractivity contribution in [1.82, 2.24) is 20.5 Å². The van der Waals surface area contributed by atoms with E-state index in [-0.39, 0.29) is 29.7 Å². The van der Waals surface area contributed by atoms with Crippen LogP contribution < -0.4 is 10.6 Å². The number of carbonyl (C=O) groups is 3. The van der Waals surface area contributed by atoms with Crippen LogP contribution in [0.4, 0.5) is 0 Å². The third-order valence-electron chi connectivity index (χ3n) is 7.50. The van der Waals surface area contributed by atoms with Gasteiger partial charge in [-0.15, -0.1) is 0 Å². The molecule has 2 aliphatic heterocycles. The Morgan fingerprint density at radius 2 is 1.86 bits per heavy atom. The first-order valence-electron chi connectivity index (χ1n) is 12.5. The van der Waals surface area contributed by atoms with Crippen molar-refractivity contribution in [1.29, 1.82) is 0 Å². The number of fused-ring (bicyclic) bond motifs is 7. The molecule has 3 heterocycles. The quantitative estimate of drug-likeness (QED) is 0.489. The van der Waals surface area contributed by atoms with Gasteiger partial charge in [-0.2, -0.15) is 0 Å². The number of hydrogen-bond acceptors (Lipinski definition) is 3. The molecule has 0 saturated heterocycles. The van der Waals surface area contributed by atoms with Gasteiger partial charge >= 0.3 is 0 Å². The highest BCUT2D eigenvalue weighted by molar-refractivity contribution is 6.04. The lowest BCUT2D eigenvalue weighted by atomic mass is 9.89. The van der Waals surface area contributed by atoms with Crippen LogP contribution in [0.3, 0.4) is 0 Å². The molecule has 0 bridgehead atoms. The van der Waals surface area contributed by atoms with Gasteiger partial charge in [-0.25, -0.2) is 0 Å². The lowest BCUT2D eigenvalue weighted by molar-refractivity contribution is -0.133. The highest BCUT2D eigenvalue weighted by Crippen LogP contribution is 2.46. The summed E-state index contributed by atoms with van der Waals surface area (Å²) in [6, 6.07) is 13.9. The lowest BCUT2D eigenvalue weighted by Crippen LogP contribution is -2.58. The average Bonchev–Trinajstić information content (AvgIpc) is 3.40. The Morgan fingerprint density at radius 1 is 1.11 bits per heavy atom. The summed E-state index contributed by atoms with van der Waals surface area (Å²) in [5.41, 5.74) is 4.55. The summed E-state index contributed by atoms with van der Waals surface area (Å²) >= 11 is 0. The van der Waals surface area contributed by atoms with Crippen molar-refractivity contribution >= 4 is 28.6 Å². The monoisotopic (exact) mass is 472 g/mol. The van der Waals surface area contributed by atoms with Crippen molar-refractivity contribution in [2.75, 3.05) is 6.54 Å². The minimum absolute atomic E-state index is 0.0367. The van der Waals surface area contributed by atoms with Crippen LogP contribution in [0.15, 0.2) is 48.5 Å². The predicted molar refractivity (Wildman–Crippen MR) is 135 cm³/mol. The number of aromatic amines is 1. The summed E-state index contributed by atoms with van der Waals surface area (Å²) in [5, 5.41) is 7.01. The summed E-state index contributed by atoms with van der Waals surface area (Å²) in [6.45, 7) is 6.53. The molecule has 3 aromatic rings. The smallest absolute Gasteiger partial charge is 0.255 e. The zero-order valence-corrected chi connectivity index (χ0v) is 20.4. The first-order valence-corrected chi connectivity index (χ1v) is 12.5. The Morgan fingerprint density at radius 3 is 2.63 bits per heavy atom. The summed E-state index contributed by atoms with van der Waals surface area (Å²) in [6.07, 6.45) is 1.96. The highest BCUT2D eigenvalue weighted by atomic mass is 16.2. The molecule has 5 rings (SSSR count). The second-order valence-electron chi connectivity index (χ2n) is 9.65. The minimum atomic E-state index is -0.711. The molecule has 0 fully saturated rings.